The summed E-state index contributed by atoms with van der Waals surface area (Å²) < 4.78 is 78.0. The van der Waals surface area contributed by atoms with Gasteiger partial charge in [0.05, 0.1) is 0 Å². The third kappa shape index (κ3) is 424. The molecule has 64 valence electrons. The number of halogens is 8. The molecule has 0 unspecified atom stereocenters. The molecule has 0 spiro atoms. The predicted molar refractivity (Wildman–Crippen MR) is 20.4 cm³/mol. The van der Waals surface area contributed by atoms with E-state index >= 15 is 0 Å². The first-order valence-corrected chi connectivity index (χ1v) is 1.75. The van der Waals surface area contributed by atoms with Gasteiger partial charge < -0.3 is 34.5 Å². The fourth-order valence-corrected chi connectivity index (χ4v) is 0. The van der Waals surface area contributed by atoms with Crippen LogP contribution in [0.1, 0.15) is 0 Å². The van der Waals surface area contributed by atoms with Crippen LogP contribution in [0.4, 0.5) is 34.5 Å². The Kier molecular flexibility index (Phi) is 18.4. The van der Waals surface area contributed by atoms with Crippen molar-refractivity contribution in [1.82, 2.24) is 0 Å². The van der Waals surface area contributed by atoms with Gasteiger partial charge in [0, 0.05) is 0 Å². The molecule has 0 saturated carbocycles. The zero-order valence-corrected chi connectivity index (χ0v) is 9.30. The van der Waals surface area contributed by atoms with Gasteiger partial charge in [0.1, 0.15) is 0 Å². The Morgan fingerprint density at radius 3 is 0.500 bits per heavy atom. The number of rotatable bonds is 0. The molecule has 0 aliphatic rings. The maximum Gasteiger partial charge on any atom is 1.00 e. The first-order valence-electron chi connectivity index (χ1n) is 1.75. The average molecular weight is 220 g/mol. The van der Waals surface area contributed by atoms with Crippen LogP contribution in [0, 0.1) is 0 Å². The van der Waals surface area contributed by atoms with Gasteiger partial charge >= 0.3 is 84.8 Å². The van der Waals surface area contributed by atoms with Gasteiger partial charge in [-0.3, -0.25) is 0 Å². The van der Waals surface area contributed by atoms with Crippen molar-refractivity contribution in [2.24, 2.45) is 0 Å². The standard InChI is InChI=1S/2BF4.K.Li/c2*2-1(3,4)5;;/q2*-1;2*+1. The molecule has 0 saturated heterocycles. The molecule has 0 fully saturated rings. The molecule has 0 N–H and O–H groups in total. The van der Waals surface area contributed by atoms with E-state index in [0.29, 0.717) is 0 Å². The summed E-state index contributed by atoms with van der Waals surface area (Å²) in [6, 6.07) is 0. The second kappa shape index (κ2) is 9.36. The molecule has 0 nitrogen and oxygen atoms in total. The van der Waals surface area contributed by atoms with Crippen molar-refractivity contribution in [3.63, 3.8) is 0 Å². The van der Waals surface area contributed by atoms with Crippen LogP contribution in [-0.4, -0.2) is 14.5 Å². The van der Waals surface area contributed by atoms with Crippen molar-refractivity contribution in [2.45, 2.75) is 0 Å². The van der Waals surface area contributed by atoms with E-state index in [9.17, 15) is 34.5 Å². The first kappa shape index (κ1) is 23.5. The topological polar surface area (TPSA) is 0 Å². The van der Waals surface area contributed by atoms with E-state index in [1.807, 2.05) is 0 Å². The van der Waals surface area contributed by atoms with Gasteiger partial charge in [-0.25, -0.2) is 0 Å². The zero-order valence-electron chi connectivity index (χ0n) is 6.18. The Hall–Kier alpha value is 1.80. The molecule has 0 aromatic heterocycles. The molecule has 0 heterocycles. The maximum absolute atomic E-state index is 9.75. The summed E-state index contributed by atoms with van der Waals surface area (Å²) in [7, 11) is -12.0. The largest absolute Gasteiger partial charge is 1.00 e. The molecular formula is B2F8KLi. The van der Waals surface area contributed by atoms with Crippen LogP contribution < -0.4 is 70.2 Å². The van der Waals surface area contributed by atoms with E-state index in [2.05, 4.69) is 0 Å². The molecule has 0 bridgehead atoms. The van der Waals surface area contributed by atoms with Gasteiger partial charge in [0.25, 0.3) is 0 Å². The quantitative estimate of drug-likeness (QED) is 0.295. The van der Waals surface area contributed by atoms with Crippen LogP contribution in [0.2, 0.25) is 0 Å². The van der Waals surface area contributed by atoms with Gasteiger partial charge in [-0.15, -0.1) is 0 Å². The SMILES string of the molecule is F[B-](F)(F)F.F[B-](F)(F)F.[K+].[Li+]. The molecule has 12 heteroatoms. The molecule has 0 aliphatic heterocycles. The molecule has 0 amide bonds. The Balaban J connectivity index is -0.0000000457. The van der Waals surface area contributed by atoms with E-state index in [1.54, 1.807) is 0 Å². The molecule has 0 aliphatic carbocycles. The normalized spacial score (nSPS) is 10.0. The van der Waals surface area contributed by atoms with E-state index < -0.39 is 14.5 Å². The van der Waals surface area contributed by atoms with Crippen LogP contribution in [0.15, 0.2) is 0 Å². The Morgan fingerprint density at radius 2 is 0.500 bits per heavy atom. The molecule has 0 rings (SSSR count). The molecule has 0 atom stereocenters. The predicted octanol–water partition coefficient (Wildman–Crippen LogP) is -3.39. The minimum atomic E-state index is -6.00. The van der Waals surface area contributed by atoms with Crippen LogP contribution in [-0.2, 0) is 0 Å². The fraction of sp³-hybridized carbons (Fsp3) is 0. The average Bonchev–Trinajstić information content (AvgIpc) is 1.12. The fourth-order valence-electron chi connectivity index (χ4n) is 0. The summed E-state index contributed by atoms with van der Waals surface area (Å²) in [5.41, 5.74) is 0. The summed E-state index contributed by atoms with van der Waals surface area (Å²) in [6.45, 7) is 0. The van der Waals surface area contributed by atoms with Gasteiger partial charge in [0.15, 0.2) is 0 Å². The van der Waals surface area contributed by atoms with Gasteiger partial charge in [0.2, 0.25) is 0 Å². The van der Waals surface area contributed by atoms with Crippen molar-refractivity contribution in [2.75, 3.05) is 0 Å². The van der Waals surface area contributed by atoms with Crippen molar-refractivity contribution in [3.05, 3.63) is 0 Å². The molecule has 12 heavy (non-hydrogen) atoms. The number of hydrogen-bond donors (Lipinski definition) is 0. The summed E-state index contributed by atoms with van der Waals surface area (Å²) in [5.74, 6) is 0. The van der Waals surface area contributed by atoms with Crippen LogP contribution in [0.3, 0.4) is 0 Å². The van der Waals surface area contributed by atoms with Gasteiger partial charge in [-0.2, -0.15) is 0 Å². The maximum atomic E-state index is 9.75. The minimum Gasteiger partial charge on any atom is -0.418 e. The summed E-state index contributed by atoms with van der Waals surface area (Å²) in [6.07, 6.45) is 0. The van der Waals surface area contributed by atoms with E-state index in [4.69, 9.17) is 0 Å². The molecule has 0 radical (unpaired) electrons. The van der Waals surface area contributed by atoms with Crippen LogP contribution in [0.5, 0.6) is 0 Å². The van der Waals surface area contributed by atoms with Gasteiger partial charge in [-0.1, -0.05) is 0 Å². The Bertz CT molecular complexity index is 60.0. The summed E-state index contributed by atoms with van der Waals surface area (Å²) >= 11 is 0. The first-order chi connectivity index (χ1) is 4.00. The smallest absolute Gasteiger partial charge is 0.418 e. The van der Waals surface area contributed by atoms with Crippen molar-refractivity contribution >= 4 is 14.5 Å². The summed E-state index contributed by atoms with van der Waals surface area (Å²) in [5, 5.41) is 0. The zero-order chi connectivity index (χ0) is 9.00. The van der Waals surface area contributed by atoms with Crippen molar-refractivity contribution < 1.29 is 105 Å². The summed E-state index contributed by atoms with van der Waals surface area (Å²) in [4.78, 5) is 0. The molecule has 0 aromatic rings. The third-order valence-electron chi connectivity index (χ3n) is 0. The second-order valence-corrected chi connectivity index (χ2v) is 0.990. The third-order valence-corrected chi connectivity index (χ3v) is 0. The Labute approximate surface area is 118 Å². The monoisotopic (exact) mass is 220 g/mol. The number of hydrogen-bond acceptors (Lipinski definition) is 0. The van der Waals surface area contributed by atoms with E-state index in [-0.39, 0.29) is 70.2 Å². The van der Waals surface area contributed by atoms with Crippen LogP contribution >= 0.6 is 0 Å². The second-order valence-electron chi connectivity index (χ2n) is 0.990. The molecular weight excluding hydrogens is 220 g/mol. The van der Waals surface area contributed by atoms with Crippen molar-refractivity contribution in [1.29, 1.82) is 0 Å². The Morgan fingerprint density at radius 1 is 0.500 bits per heavy atom. The molecule has 0 aromatic carbocycles. The van der Waals surface area contributed by atoms with Crippen LogP contribution in [0.25, 0.3) is 0 Å². The minimum absolute atomic E-state index is 0. The van der Waals surface area contributed by atoms with Crippen molar-refractivity contribution in [3.8, 4) is 0 Å². The van der Waals surface area contributed by atoms with E-state index in [1.165, 1.54) is 0 Å². The van der Waals surface area contributed by atoms with Gasteiger partial charge in [-0.05, 0) is 0 Å². The van der Waals surface area contributed by atoms with E-state index in [0.717, 1.165) is 0 Å².